The molecule has 0 aliphatic carbocycles. The molecule has 0 saturated carbocycles. The van der Waals surface area contributed by atoms with Gasteiger partial charge in [-0.1, -0.05) is 123 Å². The third kappa shape index (κ3) is 30.3. The zero-order chi connectivity index (χ0) is 35.7. The Labute approximate surface area is 293 Å². The van der Waals surface area contributed by atoms with Crippen LogP contribution in [0.2, 0.25) is 0 Å². The molecule has 3 atom stereocenters. The van der Waals surface area contributed by atoms with Crippen LogP contribution >= 0.6 is 0 Å². The maximum atomic E-state index is 12.2. The van der Waals surface area contributed by atoms with Crippen LogP contribution in [0.1, 0.15) is 168 Å². The second kappa shape index (κ2) is 33.7. The number of hydrogen-bond acceptors (Lipinski definition) is 10. The molecule has 0 spiro atoms. The van der Waals surface area contributed by atoms with Gasteiger partial charge in [0.25, 0.3) is 0 Å². The highest BCUT2D eigenvalue weighted by Gasteiger charge is 2.19. The van der Waals surface area contributed by atoms with Gasteiger partial charge in [-0.3, -0.25) is 19.3 Å². The Bertz CT molecular complexity index is 723. The number of carbonyl (C=O) groups excluding carboxylic acids is 3. The lowest BCUT2D eigenvalue weighted by Crippen LogP contribution is -2.42. The van der Waals surface area contributed by atoms with E-state index in [0.717, 1.165) is 38.5 Å². The molecule has 0 aromatic heterocycles. The first kappa shape index (κ1) is 46.2. The van der Waals surface area contributed by atoms with Gasteiger partial charge in [0, 0.05) is 25.9 Å². The van der Waals surface area contributed by atoms with Crippen LogP contribution in [-0.2, 0) is 28.6 Å². The number of unbranched alkanes of at least 4 members (excludes halogenated alkanes) is 17. The maximum absolute atomic E-state index is 12.2. The Balaban J connectivity index is 4.51. The fourth-order valence-electron chi connectivity index (χ4n) is 5.71. The lowest BCUT2D eigenvalue weighted by molar-refractivity contribution is -0.148. The molecule has 3 unspecified atom stereocenters. The number of hydrogen-bond donors (Lipinski definition) is 3. The summed E-state index contributed by atoms with van der Waals surface area (Å²) in [4.78, 5) is 38.2. The normalized spacial score (nSPS) is 13.3. The van der Waals surface area contributed by atoms with E-state index < -0.39 is 24.2 Å². The van der Waals surface area contributed by atoms with Crippen molar-refractivity contribution in [3.8, 4) is 0 Å². The van der Waals surface area contributed by atoms with Crippen molar-refractivity contribution in [3.05, 3.63) is 0 Å². The molecule has 0 aliphatic heterocycles. The summed E-state index contributed by atoms with van der Waals surface area (Å²) in [6.45, 7) is 7.09. The average Bonchev–Trinajstić information content (AvgIpc) is 3.06. The predicted octanol–water partition coefficient (Wildman–Crippen LogP) is 7.00. The summed E-state index contributed by atoms with van der Waals surface area (Å²) in [5.41, 5.74) is 5.91. The molecule has 0 aromatic carbocycles. The molecule has 0 amide bonds. The zero-order valence-electron chi connectivity index (χ0n) is 31.1. The summed E-state index contributed by atoms with van der Waals surface area (Å²) in [6.07, 6.45) is 21.6. The number of nitrogens with two attached hydrogens (primary N) is 1. The van der Waals surface area contributed by atoms with E-state index in [1.54, 1.807) is 6.92 Å². The highest BCUT2D eigenvalue weighted by Crippen LogP contribution is 2.13. The van der Waals surface area contributed by atoms with Crippen LogP contribution in [0, 0.1) is 0 Å². The lowest BCUT2D eigenvalue weighted by atomic mass is 10.1. The van der Waals surface area contributed by atoms with E-state index in [0.29, 0.717) is 38.6 Å². The Morgan fingerprint density at radius 1 is 0.562 bits per heavy atom. The van der Waals surface area contributed by atoms with Crippen LogP contribution in [0.5, 0.6) is 0 Å². The summed E-state index contributed by atoms with van der Waals surface area (Å²) in [6, 6.07) is -0.690. The van der Waals surface area contributed by atoms with E-state index in [9.17, 15) is 24.6 Å². The van der Waals surface area contributed by atoms with Crippen LogP contribution in [0.4, 0.5) is 0 Å². The minimum Gasteiger partial charge on any atom is -0.465 e. The second-order valence-electron chi connectivity index (χ2n) is 13.4. The predicted molar refractivity (Wildman–Crippen MR) is 193 cm³/mol. The van der Waals surface area contributed by atoms with Crippen molar-refractivity contribution in [1.82, 2.24) is 4.90 Å². The number of ether oxygens (including phenoxy) is 3. The van der Waals surface area contributed by atoms with Crippen molar-refractivity contribution in [2.45, 2.75) is 187 Å². The highest BCUT2D eigenvalue weighted by molar-refractivity contribution is 5.75. The number of carbonyl (C=O) groups is 3. The summed E-state index contributed by atoms with van der Waals surface area (Å²) in [7, 11) is 0. The van der Waals surface area contributed by atoms with Gasteiger partial charge in [-0.25, -0.2) is 0 Å². The molecular weight excluding hydrogens is 612 g/mol. The van der Waals surface area contributed by atoms with Crippen molar-refractivity contribution in [1.29, 1.82) is 0 Å². The molecule has 0 heterocycles. The summed E-state index contributed by atoms with van der Waals surface area (Å²) < 4.78 is 15.6. The maximum Gasteiger partial charge on any atom is 0.322 e. The fourth-order valence-corrected chi connectivity index (χ4v) is 5.71. The quantitative estimate of drug-likeness (QED) is 0.0362. The van der Waals surface area contributed by atoms with Gasteiger partial charge in [-0.05, 0) is 39.2 Å². The number of rotatable bonds is 35. The molecule has 0 saturated heterocycles. The molecule has 10 heteroatoms. The fraction of sp³-hybridized carbons (Fsp3) is 0.921. The number of nitrogens with zero attached hydrogens (tertiary/aromatic N) is 1. The smallest absolute Gasteiger partial charge is 0.322 e. The van der Waals surface area contributed by atoms with E-state index in [4.69, 9.17) is 19.9 Å². The van der Waals surface area contributed by atoms with Crippen molar-refractivity contribution >= 4 is 17.9 Å². The van der Waals surface area contributed by atoms with Gasteiger partial charge in [0.2, 0.25) is 0 Å². The Hall–Kier alpha value is -1.75. The van der Waals surface area contributed by atoms with E-state index in [1.807, 2.05) is 4.90 Å². The van der Waals surface area contributed by atoms with Crippen LogP contribution in [0.15, 0.2) is 0 Å². The number of esters is 3. The molecular formula is C38H74N2O8. The lowest BCUT2D eigenvalue weighted by Gasteiger charge is -2.27. The molecule has 0 rings (SSSR count). The molecule has 0 fully saturated rings. The molecule has 0 bridgehead atoms. The molecule has 10 nitrogen and oxygen atoms in total. The van der Waals surface area contributed by atoms with Crippen molar-refractivity contribution < 1.29 is 38.8 Å². The number of aliphatic hydroxyl groups is 2. The largest absolute Gasteiger partial charge is 0.465 e. The molecule has 0 aromatic rings. The molecule has 0 radical (unpaired) electrons. The van der Waals surface area contributed by atoms with E-state index in [2.05, 4.69) is 13.8 Å². The topological polar surface area (TPSA) is 149 Å². The molecule has 0 aliphatic rings. The monoisotopic (exact) mass is 687 g/mol. The molecule has 4 N–H and O–H groups in total. The van der Waals surface area contributed by atoms with Crippen LogP contribution < -0.4 is 5.73 Å². The van der Waals surface area contributed by atoms with Crippen LogP contribution in [0.3, 0.4) is 0 Å². The summed E-state index contributed by atoms with van der Waals surface area (Å²) in [5.74, 6) is -1.04. The first-order valence-electron chi connectivity index (χ1n) is 19.5. The van der Waals surface area contributed by atoms with Crippen LogP contribution in [0.25, 0.3) is 0 Å². The van der Waals surface area contributed by atoms with E-state index in [-0.39, 0.29) is 44.8 Å². The SMILES string of the molecule is CCCCCCCCCCCC(=O)OCC(O)CN(CCCCC(N)C(=O)OCC)CC(O)COC(=O)CCCCCCCCCCC. The number of aliphatic hydroxyl groups excluding tert-OH is 2. The molecule has 48 heavy (non-hydrogen) atoms. The van der Waals surface area contributed by atoms with Gasteiger partial charge in [0.15, 0.2) is 0 Å². The Kier molecular flexibility index (Phi) is 32.5. The van der Waals surface area contributed by atoms with Gasteiger partial charge in [-0.15, -0.1) is 0 Å². The molecule has 284 valence electrons. The Morgan fingerprint density at radius 3 is 1.35 bits per heavy atom. The second-order valence-corrected chi connectivity index (χ2v) is 13.4. The Morgan fingerprint density at radius 2 is 0.958 bits per heavy atom. The minimum absolute atomic E-state index is 0.121. The van der Waals surface area contributed by atoms with E-state index >= 15 is 0 Å². The first-order chi connectivity index (χ1) is 23.2. The highest BCUT2D eigenvalue weighted by atomic mass is 16.5. The van der Waals surface area contributed by atoms with Gasteiger partial charge in [-0.2, -0.15) is 0 Å². The van der Waals surface area contributed by atoms with Gasteiger partial charge >= 0.3 is 17.9 Å². The zero-order valence-corrected chi connectivity index (χ0v) is 31.1. The van der Waals surface area contributed by atoms with Gasteiger partial charge < -0.3 is 30.2 Å². The summed E-state index contributed by atoms with van der Waals surface area (Å²) >= 11 is 0. The summed E-state index contributed by atoms with van der Waals surface area (Å²) in [5, 5.41) is 21.3. The van der Waals surface area contributed by atoms with Gasteiger partial charge in [0.1, 0.15) is 31.5 Å². The van der Waals surface area contributed by atoms with Crippen molar-refractivity contribution in [2.24, 2.45) is 5.73 Å². The average molecular weight is 687 g/mol. The van der Waals surface area contributed by atoms with Crippen molar-refractivity contribution in [3.63, 3.8) is 0 Å². The van der Waals surface area contributed by atoms with Gasteiger partial charge in [0.05, 0.1) is 6.61 Å². The first-order valence-corrected chi connectivity index (χ1v) is 19.5. The third-order valence-corrected chi connectivity index (χ3v) is 8.61. The van der Waals surface area contributed by atoms with Crippen LogP contribution in [-0.4, -0.2) is 90.7 Å². The minimum atomic E-state index is -0.930. The standard InChI is InChI=1S/C38H74N2O8/c1-4-7-9-11-13-15-17-19-21-26-36(43)47-31-33(41)29-40(28-24-23-25-35(39)38(45)46-6-3)30-34(42)32-48-37(44)27-22-20-18-16-14-12-10-8-5-2/h33-35,41-42H,4-32,39H2,1-3H3. The van der Waals surface area contributed by atoms with Crippen molar-refractivity contribution in [2.75, 3.05) is 39.5 Å². The third-order valence-electron chi connectivity index (χ3n) is 8.61. The van der Waals surface area contributed by atoms with E-state index in [1.165, 1.54) is 77.0 Å².